The van der Waals surface area contributed by atoms with Gasteiger partial charge >= 0.3 is 6.03 Å². The maximum atomic E-state index is 13.1. The van der Waals surface area contributed by atoms with Crippen LogP contribution in [0.1, 0.15) is 30.3 Å². The number of aromatic amines is 1. The molecule has 4 aromatic rings. The number of amides is 2. The molecule has 31 heavy (non-hydrogen) atoms. The summed E-state index contributed by atoms with van der Waals surface area (Å²) in [5.74, 6) is 0.847. The molecule has 1 atom stereocenters. The van der Waals surface area contributed by atoms with Crippen LogP contribution in [-0.4, -0.2) is 37.4 Å². The fraction of sp³-hybridized carbons (Fsp3) is 0.217. The quantitative estimate of drug-likeness (QED) is 0.436. The molecule has 1 saturated heterocycles. The molecule has 3 heterocycles. The Morgan fingerprint density at radius 3 is 2.81 bits per heavy atom. The summed E-state index contributed by atoms with van der Waals surface area (Å²) in [4.78, 5) is 32.6. The Balaban J connectivity index is 1.31. The molecule has 0 aliphatic carbocycles. The molecule has 5 rings (SSSR count). The number of rotatable bonds is 4. The summed E-state index contributed by atoms with van der Waals surface area (Å²) in [5.41, 5.74) is 3.72. The van der Waals surface area contributed by atoms with E-state index >= 15 is 0 Å². The van der Waals surface area contributed by atoms with Gasteiger partial charge in [0.2, 0.25) is 0 Å². The Hall–Kier alpha value is -3.39. The molecule has 2 aromatic heterocycles. The van der Waals surface area contributed by atoms with E-state index in [0.29, 0.717) is 11.7 Å². The number of hydrogen-bond acceptors (Lipinski definition) is 5. The third-order valence-corrected chi connectivity index (χ3v) is 6.31. The summed E-state index contributed by atoms with van der Waals surface area (Å²) < 4.78 is 0. The molecule has 2 aromatic carbocycles. The Morgan fingerprint density at radius 2 is 2.00 bits per heavy atom. The fourth-order valence-corrected chi connectivity index (χ4v) is 4.70. The number of H-pyrrole nitrogens is 1. The van der Waals surface area contributed by atoms with Crippen LogP contribution >= 0.6 is 11.8 Å². The molecule has 0 saturated carbocycles. The summed E-state index contributed by atoms with van der Waals surface area (Å²) >= 11 is 1.50. The standard InChI is InChI=1S/C23H22N6OS/c1-15-14-16(31-22-24-11-5-12-25-22)9-10-17(15)28-23(30)29-13-4-8-20(29)21-26-18-6-2-3-7-19(18)27-21/h2-3,5-7,9-12,14,20H,4,8,13H2,1H3,(H,26,27)(H,28,30). The van der Waals surface area contributed by atoms with Crippen molar-refractivity contribution in [3.63, 3.8) is 0 Å². The zero-order valence-corrected chi connectivity index (χ0v) is 17.9. The van der Waals surface area contributed by atoms with Crippen LogP contribution in [0.25, 0.3) is 11.0 Å². The van der Waals surface area contributed by atoms with Crippen LogP contribution in [0.3, 0.4) is 0 Å². The van der Waals surface area contributed by atoms with E-state index < -0.39 is 0 Å². The van der Waals surface area contributed by atoms with E-state index in [4.69, 9.17) is 4.98 Å². The molecule has 1 unspecified atom stereocenters. The van der Waals surface area contributed by atoms with Gasteiger partial charge in [0.05, 0.1) is 17.1 Å². The van der Waals surface area contributed by atoms with Crippen LogP contribution in [-0.2, 0) is 0 Å². The molecule has 156 valence electrons. The van der Waals surface area contributed by atoms with Gasteiger partial charge in [-0.05, 0) is 73.5 Å². The van der Waals surface area contributed by atoms with Crippen molar-refractivity contribution in [1.82, 2.24) is 24.8 Å². The van der Waals surface area contributed by atoms with Crippen molar-refractivity contribution < 1.29 is 4.79 Å². The molecular formula is C23H22N6OS. The van der Waals surface area contributed by atoms with E-state index in [-0.39, 0.29) is 12.1 Å². The zero-order chi connectivity index (χ0) is 21.2. The first-order chi connectivity index (χ1) is 15.2. The molecule has 1 aliphatic heterocycles. The Morgan fingerprint density at radius 1 is 1.16 bits per heavy atom. The predicted octanol–water partition coefficient (Wildman–Crippen LogP) is 5.18. The number of para-hydroxylation sites is 2. The van der Waals surface area contributed by atoms with Crippen molar-refractivity contribution in [2.75, 3.05) is 11.9 Å². The molecule has 2 amide bonds. The van der Waals surface area contributed by atoms with Crippen LogP contribution in [0.4, 0.5) is 10.5 Å². The van der Waals surface area contributed by atoms with Crippen LogP contribution < -0.4 is 5.32 Å². The summed E-state index contributed by atoms with van der Waals surface area (Å²) in [7, 11) is 0. The lowest BCUT2D eigenvalue weighted by atomic mass is 10.2. The normalized spacial score (nSPS) is 16.0. The van der Waals surface area contributed by atoms with Crippen LogP contribution in [0.15, 0.2) is 71.0 Å². The molecule has 1 fully saturated rings. The lowest BCUT2D eigenvalue weighted by molar-refractivity contribution is 0.205. The minimum absolute atomic E-state index is 0.0437. The molecule has 0 radical (unpaired) electrons. The van der Waals surface area contributed by atoms with Gasteiger partial charge in [-0.2, -0.15) is 0 Å². The van der Waals surface area contributed by atoms with Gasteiger partial charge in [0.1, 0.15) is 5.82 Å². The van der Waals surface area contributed by atoms with Gasteiger partial charge in [-0.25, -0.2) is 19.7 Å². The van der Waals surface area contributed by atoms with E-state index in [1.807, 2.05) is 54.3 Å². The second kappa shape index (κ2) is 8.39. The third-order valence-electron chi connectivity index (χ3n) is 5.43. The number of fused-ring (bicyclic) bond motifs is 1. The molecule has 0 bridgehead atoms. The van der Waals surface area contributed by atoms with Gasteiger partial charge in [0.25, 0.3) is 0 Å². The highest BCUT2D eigenvalue weighted by Gasteiger charge is 2.32. The Labute approximate surface area is 184 Å². The van der Waals surface area contributed by atoms with Crippen LogP contribution in [0.5, 0.6) is 0 Å². The van der Waals surface area contributed by atoms with Crippen molar-refractivity contribution in [1.29, 1.82) is 0 Å². The van der Waals surface area contributed by atoms with Crippen LogP contribution in [0, 0.1) is 6.92 Å². The number of imidazole rings is 1. The third kappa shape index (κ3) is 4.11. The van der Waals surface area contributed by atoms with Gasteiger partial charge in [0.15, 0.2) is 5.16 Å². The molecular weight excluding hydrogens is 408 g/mol. The zero-order valence-electron chi connectivity index (χ0n) is 17.1. The molecule has 1 aliphatic rings. The summed E-state index contributed by atoms with van der Waals surface area (Å²) in [6, 6.07) is 15.6. The summed E-state index contributed by atoms with van der Waals surface area (Å²) in [5, 5.41) is 3.78. The summed E-state index contributed by atoms with van der Waals surface area (Å²) in [6.45, 7) is 2.71. The Bertz CT molecular complexity index is 1190. The Kier molecular flexibility index (Phi) is 5.30. The topological polar surface area (TPSA) is 86.8 Å². The van der Waals surface area contributed by atoms with E-state index in [9.17, 15) is 4.79 Å². The number of benzene rings is 2. The monoisotopic (exact) mass is 430 g/mol. The lowest BCUT2D eigenvalue weighted by Crippen LogP contribution is -2.35. The first-order valence-electron chi connectivity index (χ1n) is 10.3. The average Bonchev–Trinajstić information content (AvgIpc) is 3.43. The maximum absolute atomic E-state index is 13.1. The lowest BCUT2D eigenvalue weighted by Gasteiger charge is -2.24. The van der Waals surface area contributed by atoms with Gasteiger partial charge in [0, 0.05) is 29.5 Å². The number of anilines is 1. The van der Waals surface area contributed by atoms with Crippen molar-refractivity contribution in [2.24, 2.45) is 0 Å². The molecule has 7 nitrogen and oxygen atoms in total. The van der Waals surface area contributed by atoms with E-state index in [1.165, 1.54) is 11.8 Å². The largest absolute Gasteiger partial charge is 0.340 e. The number of urea groups is 1. The molecule has 0 spiro atoms. The smallest absolute Gasteiger partial charge is 0.322 e. The van der Waals surface area contributed by atoms with Gasteiger partial charge in [-0.15, -0.1) is 0 Å². The minimum atomic E-state index is -0.0992. The first-order valence-corrected chi connectivity index (χ1v) is 11.1. The predicted molar refractivity (Wildman–Crippen MR) is 121 cm³/mol. The van der Waals surface area contributed by atoms with Crippen molar-refractivity contribution in [2.45, 2.75) is 35.9 Å². The highest BCUT2D eigenvalue weighted by Crippen LogP contribution is 2.33. The highest BCUT2D eigenvalue weighted by atomic mass is 32.2. The number of aromatic nitrogens is 4. The SMILES string of the molecule is Cc1cc(Sc2ncccn2)ccc1NC(=O)N1CCCC1c1nc2ccccc2[nH]1. The van der Waals surface area contributed by atoms with Gasteiger partial charge in [-0.3, -0.25) is 0 Å². The maximum Gasteiger partial charge on any atom is 0.322 e. The number of carbonyl (C=O) groups is 1. The van der Waals surface area contributed by atoms with Gasteiger partial charge in [-0.1, -0.05) is 12.1 Å². The second-order valence-corrected chi connectivity index (χ2v) is 8.57. The number of nitrogens with zero attached hydrogens (tertiary/aromatic N) is 4. The van der Waals surface area contributed by atoms with Crippen molar-refractivity contribution in [3.05, 3.63) is 72.3 Å². The summed E-state index contributed by atoms with van der Waals surface area (Å²) in [6.07, 6.45) is 5.32. The highest BCUT2D eigenvalue weighted by molar-refractivity contribution is 7.99. The first kappa shape index (κ1) is 19.6. The number of hydrogen-bond donors (Lipinski definition) is 2. The number of carbonyl (C=O) groups excluding carboxylic acids is 1. The van der Waals surface area contributed by atoms with Crippen molar-refractivity contribution in [3.8, 4) is 0 Å². The van der Waals surface area contributed by atoms with E-state index in [0.717, 1.165) is 45.8 Å². The molecule has 2 N–H and O–H groups in total. The number of aryl methyl sites for hydroxylation is 1. The average molecular weight is 431 g/mol. The van der Waals surface area contributed by atoms with Crippen LogP contribution in [0.2, 0.25) is 0 Å². The van der Waals surface area contributed by atoms with Crippen molar-refractivity contribution >= 4 is 34.5 Å². The number of nitrogens with one attached hydrogen (secondary N) is 2. The van der Waals surface area contributed by atoms with E-state index in [2.05, 4.69) is 20.3 Å². The van der Waals surface area contributed by atoms with E-state index in [1.54, 1.807) is 18.5 Å². The number of likely N-dealkylation sites (tertiary alicyclic amines) is 1. The molecule has 8 heteroatoms. The fourth-order valence-electron chi connectivity index (χ4n) is 3.89. The second-order valence-electron chi connectivity index (χ2n) is 7.53. The minimum Gasteiger partial charge on any atom is -0.340 e. The van der Waals surface area contributed by atoms with Gasteiger partial charge < -0.3 is 15.2 Å².